The molecule has 0 saturated carbocycles. The summed E-state index contributed by atoms with van der Waals surface area (Å²) in [5, 5.41) is 21.9. The van der Waals surface area contributed by atoms with Crippen molar-refractivity contribution in [1.82, 2.24) is 10.2 Å². The first-order valence-corrected chi connectivity index (χ1v) is 10.2. The number of allylic oxidation sites excluding steroid dienone is 1. The number of nitrogens with one attached hydrogen (secondary N) is 1. The summed E-state index contributed by atoms with van der Waals surface area (Å²) >= 11 is 0. The molecule has 1 saturated heterocycles. The molecule has 2 amide bonds. The van der Waals surface area contributed by atoms with Crippen LogP contribution in [0.15, 0.2) is 12.7 Å². The van der Waals surface area contributed by atoms with Crippen LogP contribution in [0.2, 0.25) is 0 Å². The predicted octanol–water partition coefficient (Wildman–Crippen LogP) is 2.55. The van der Waals surface area contributed by atoms with Gasteiger partial charge in [-0.05, 0) is 51.9 Å². The molecule has 1 heterocycles. The van der Waals surface area contributed by atoms with Gasteiger partial charge in [0.2, 0.25) is 5.91 Å². The van der Waals surface area contributed by atoms with Crippen molar-refractivity contribution in [1.29, 1.82) is 0 Å². The van der Waals surface area contributed by atoms with E-state index in [-0.39, 0.29) is 24.8 Å². The molecule has 0 bridgehead atoms. The van der Waals surface area contributed by atoms with Gasteiger partial charge in [0.15, 0.2) is 0 Å². The van der Waals surface area contributed by atoms with Crippen LogP contribution in [0, 0.1) is 11.8 Å². The number of carbonyl (C=O) groups is 3. The summed E-state index contributed by atoms with van der Waals surface area (Å²) in [5.74, 6) is -1.64. The molecular weight excluding hydrogens is 376 g/mol. The Morgan fingerprint density at radius 3 is 2.45 bits per heavy atom. The first-order chi connectivity index (χ1) is 13.4. The van der Waals surface area contributed by atoms with Crippen molar-refractivity contribution < 1.29 is 29.3 Å². The molecule has 8 heteroatoms. The summed E-state index contributed by atoms with van der Waals surface area (Å²) in [6, 6.07) is -2.05. The van der Waals surface area contributed by atoms with Crippen molar-refractivity contribution in [2.24, 2.45) is 11.8 Å². The number of aliphatic hydroxyl groups excluding tert-OH is 1. The smallest absolute Gasteiger partial charge is 0.408 e. The third-order valence-corrected chi connectivity index (χ3v) is 4.99. The Kier molecular flexibility index (Phi) is 9.14. The topological polar surface area (TPSA) is 116 Å². The molecule has 3 N–H and O–H groups in total. The maximum Gasteiger partial charge on any atom is 0.408 e. The van der Waals surface area contributed by atoms with Gasteiger partial charge in [0.1, 0.15) is 17.7 Å². The lowest BCUT2D eigenvalue weighted by Crippen LogP contribution is -2.55. The SMILES string of the molecule is C=CCCC(C)CC(C)C(NC(=O)OC(C)(C)C)C(=O)N1C[C@H](O)C[C@H]1C(=O)O. The number of ether oxygens (including phenoxy) is 1. The van der Waals surface area contributed by atoms with E-state index < -0.39 is 41.8 Å². The molecule has 3 unspecified atom stereocenters. The lowest BCUT2D eigenvalue weighted by Gasteiger charge is -2.32. The van der Waals surface area contributed by atoms with Crippen LogP contribution in [0.3, 0.4) is 0 Å². The molecule has 29 heavy (non-hydrogen) atoms. The lowest BCUT2D eigenvalue weighted by molar-refractivity contribution is -0.149. The average molecular weight is 413 g/mol. The third-order valence-electron chi connectivity index (χ3n) is 4.99. The summed E-state index contributed by atoms with van der Waals surface area (Å²) in [6.45, 7) is 12.7. The Balaban J connectivity index is 3.01. The monoisotopic (exact) mass is 412 g/mol. The molecule has 0 aromatic heterocycles. The largest absolute Gasteiger partial charge is 0.480 e. The molecule has 0 radical (unpaired) electrons. The second-order valence-electron chi connectivity index (χ2n) is 9.04. The van der Waals surface area contributed by atoms with Gasteiger partial charge in [0.05, 0.1) is 6.10 Å². The number of carbonyl (C=O) groups excluding carboxylic acids is 2. The highest BCUT2D eigenvalue weighted by Gasteiger charge is 2.43. The minimum Gasteiger partial charge on any atom is -0.480 e. The highest BCUT2D eigenvalue weighted by atomic mass is 16.6. The zero-order chi connectivity index (χ0) is 22.4. The average Bonchev–Trinajstić information content (AvgIpc) is 2.97. The molecule has 0 aromatic rings. The number of aliphatic hydroxyl groups is 1. The van der Waals surface area contributed by atoms with E-state index in [1.54, 1.807) is 20.8 Å². The summed E-state index contributed by atoms with van der Waals surface area (Å²) in [5.41, 5.74) is -0.731. The zero-order valence-corrected chi connectivity index (χ0v) is 18.2. The van der Waals surface area contributed by atoms with E-state index in [0.29, 0.717) is 6.42 Å². The fourth-order valence-corrected chi connectivity index (χ4v) is 3.64. The number of rotatable bonds is 9. The molecule has 8 nitrogen and oxygen atoms in total. The second kappa shape index (κ2) is 10.6. The van der Waals surface area contributed by atoms with Crippen molar-refractivity contribution in [3.63, 3.8) is 0 Å². The van der Waals surface area contributed by atoms with Crippen LogP contribution in [0.4, 0.5) is 4.79 Å². The summed E-state index contributed by atoms with van der Waals surface area (Å²) in [4.78, 5) is 38.2. The molecule has 5 atom stereocenters. The van der Waals surface area contributed by atoms with Crippen LogP contribution in [-0.4, -0.2) is 63.4 Å². The number of β-amino-alcohol motifs (C(OH)–C–C–N with tert-alkyl or cyclic N) is 1. The summed E-state index contributed by atoms with van der Waals surface area (Å²) < 4.78 is 5.30. The highest BCUT2D eigenvalue weighted by molar-refractivity contribution is 5.90. The number of carboxylic acids is 1. The van der Waals surface area contributed by atoms with Crippen LogP contribution >= 0.6 is 0 Å². The molecule has 1 aliphatic rings. The number of hydrogen-bond acceptors (Lipinski definition) is 5. The summed E-state index contributed by atoms with van der Waals surface area (Å²) in [6.07, 6.45) is 2.61. The van der Waals surface area contributed by atoms with E-state index in [0.717, 1.165) is 17.7 Å². The van der Waals surface area contributed by atoms with Crippen molar-refractivity contribution in [2.75, 3.05) is 6.54 Å². The Bertz CT molecular complexity index is 600. The van der Waals surface area contributed by atoms with E-state index in [2.05, 4.69) is 18.8 Å². The van der Waals surface area contributed by atoms with Gasteiger partial charge in [-0.1, -0.05) is 19.9 Å². The van der Waals surface area contributed by atoms with E-state index in [9.17, 15) is 24.6 Å². The number of alkyl carbamates (subject to hydrolysis) is 1. The quantitative estimate of drug-likeness (QED) is 0.501. The minimum absolute atomic E-state index is 0.0235. The fraction of sp³-hybridized carbons (Fsp3) is 0.762. The molecule has 166 valence electrons. The van der Waals surface area contributed by atoms with Gasteiger partial charge in [-0.25, -0.2) is 9.59 Å². The normalized spacial score (nSPS) is 22.5. The van der Waals surface area contributed by atoms with Gasteiger partial charge in [0.25, 0.3) is 0 Å². The lowest BCUT2D eigenvalue weighted by atomic mass is 9.88. The second-order valence-corrected chi connectivity index (χ2v) is 9.04. The third kappa shape index (κ3) is 8.04. The van der Waals surface area contributed by atoms with Gasteiger partial charge < -0.3 is 25.2 Å². The molecular formula is C21H36N2O6. The number of nitrogens with zero attached hydrogens (tertiary/aromatic N) is 1. The first-order valence-electron chi connectivity index (χ1n) is 10.2. The number of amides is 2. The number of hydrogen-bond donors (Lipinski definition) is 3. The van der Waals surface area contributed by atoms with Crippen LogP contribution in [0.5, 0.6) is 0 Å². The Morgan fingerprint density at radius 1 is 1.31 bits per heavy atom. The zero-order valence-electron chi connectivity index (χ0n) is 18.2. The Hall–Kier alpha value is -2.09. The molecule has 0 spiro atoms. The highest BCUT2D eigenvalue weighted by Crippen LogP contribution is 2.25. The van der Waals surface area contributed by atoms with Gasteiger partial charge >= 0.3 is 12.1 Å². The Labute approximate surface area is 173 Å². The minimum atomic E-state index is -1.17. The van der Waals surface area contributed by atoms with Crippen molar-refractivity contribution in [3.8, 4) is 0 Å². The maximum absolute atomic E-state index is 13.2. The van der Waals surface area contributed by atoms with Crippen LogP contribution < -0.4 is 5.32 Å². The van der Waals surface area contributed by atoms with Gasteiger partial charge in [-0.3, -0.25) is 4.79 Å². The number of likely N-dealkylation sites (tertiary alicyclic amines) is 1. The Morgan fingerprint density at radius 2 is 1.93 bits per heavy atom. The van der Waals surface area contributed by atoms with Crippen LogP contribution in [-0.2, 0) is 14.3 Å². The fourth-order valence-electron chi connectivity index (χ4n) is 3.64. The van der Waals surface area contributed by atoms with E-state index >= 15 is 0 Å². The van der Waals surface area contributed by atoms with Gasteiger partial charge in [0, 0.05) is 13.0 Å². The molecule has 1 fully saturated rings. The summed E-state index contributed by atoms with van der Waals surface area (Å²) in [7, 11) is 0. The van der Waals surface area contributed by atoms with E-state index in [1.807, 2.05) is 13.0 Å². The van der Waals surface area contributed by atoms with Crippen molar-refractivity contribution in [3.05, 3.63) is 12.7 Å². The van der Waals surface area contributed by atoms with Crippen LogP contribution in [0.1, 0.15) is 60.3 Å². The van der Waals surface area contributed by atoms with E-state index in [1.165, 1.54) is 0 Å². The van der Waals surface area contributed by atoms with Crippen molar-refractivity contribution >= 4 is 18.0 Å². The van der Waals surface area contributed by atoms with Crippen LogP contribution in [0.25, 0.3) is 0 Å². The number of carboxylic acid groups (broad SMARTS) is 1. The van der Waals surface area contributed by atoms with Crippen molar-refractivity contribution in [2.45, 2.75) is 84.1 Å². The molecule has 1 aliphatic heterocycles. The molecule has 0 aromatic carbocycles. The van der Waals surface area contributed by atoms with Gasteiger partial charge in [-0.2, -0.15) is 0 Å². The molecule has 1 rings (SSSR count). The van der Waals surface area contributed by atoms with Gasteiger partial charge in [-0.15, -0.1) is 6.58 Å². The predicted molar refractivity (Wildman–Crippen MR) is 109 cm³/mol. The maximum atomic E-state index is 13.2. The first kappa shape index (κ1) is 24.9. The van der Waals surface area contributed by atoms with E-state index in [4.69, 9.17) is 4.74 Å². The number of aliphatic carboxylic acids is 1. The standard InChI is InChI=1S/C21H36N2O6/c1-7-8-9-13(2)10-14(3)17(22-20(28)29-21(4,5)6)18(25)23-12-15(24)11-16(23)19(26)27/h7,13-17,24H,1,8-12H2,2-6H3,(H,22,28)(H,26,27)/t13?,14?,15-,16+,17?/m1/s1. The molecule has 0 aliphatic carbocycles.